The number of ether oxygens (including phenoxy) is 1. The van der Waals surface area contributed by atoms with Gasteiger partial charge in [-0.1, -0.05) is 26.0 Å². The molecular formula is C16H20N2O2S. The van der Waals surface area contributed by atoms with Crippen LogP contribution in [0, 0.1) is 0 Å². The van der Waals surface area contributed by atoms with E-state index in [9.17, 15) is 4.79 Å². The Hall–Kier alpha value is -1.75. The molecule has 0 aliphatic rings. The van der Waals surface area contributed by atoms with E-state index in [0.717, 1.165) is 17.9 Å². The van der Waals surface area contributed by atoms with E-state index >= 15 is 0 Å². The third-order valence-electron chi connectivity index (χ3n) is 2.79. The predicted molar refractivity (Wildman–Crippen MR) is 84.6 cm³/mol. The number of esters is 1. The minimum Gasteiger partial charge on any atom is -0.462 e. The average molecular weight is 304 g/mol. The van der Waals surface area contributed by atoms with Crippen molar-refractivity contribution in [3.63, 3.8) is 0 Å². The van der Waals surface area contributed by atoms with E-state index in [1.165, 1.54) is 0 Å². The largest absolute Gasteiger partial charge is 0.462 e. The Balaban J connectivity index is 1.85. The Bertz CT molecular complexity index is 567. The molecular weight excluding hydrogens is 284 g/mol. The first-order valence-electron chi connectivity index (χ1n) is 7.07. The highest BCUT2D eigenvalue weighted by Crippen LogP contribution is 2.26. The predicted octanol–water partition coefficient (Wildman–Crippen LogP) is 3.63. The molecule has 4 nitrogen and oxygen atoms in total. The fraction of sp³-hybridized carbons (Fsp3) is 0.375. The molecule has 5 heteroatoms. The Kier molecular flexibility index (Phi) is 5.87. The fourth-order valence-electron chi connectivity index (χ4n) is 1.89. The molecule has 0 radical (unpaired) electrons. The molecule has 0 unspecified atom stereocenters. The van der Waals surface area contributed by atoms with Gasteiger partial charge in [-0.2, -0.15) is 5.10 Å². The van der Waals surface area contributed by atoms with Crippen LogP contribution in [0.2, 0.25) is 0 Å². The molecule has 0 atom stereocenters. The number of hydrogen-bond donors (Lipinski definition) is 0. The number of carbonyl (C=O) groups is 1. The van der Waals surface area contributed by atoms with E-state index in [1.807, 2.05) is 41.2 Å². The molecule has 2 aromatic rings. The second-order valence-electron chi connectivity index (χ2n) is 4.92. The topological polar surface area (TPSA) is 44.1 Å². The van der Waals surface area contributed by atoms with Crippen LogP contribution in [0.15, 0.2) is 47.6 Å². The van der Waals surface area contributed by atoms with Gasteiger partial charge in [-0.05, 0) is 18.2 Å². The maximum Gasteiger partial charge on any atom is 0.339 e. The molecule has 0 saturated heterocycles. The minimum absolute atomic E-state index is 0.251. The van der Waals surface area contributed by atoms with Crippen LogP contribution in [0.5, 0.6) is 0 Å². The molecule has 2 rings (SSSR count). The van der Waals surface area contributed by atoms with E-state index in [4.69, 9.17) is 4.74 Å². The van der Waals surface area contributed by atoms with Crippen LogP contribution >= 0.6 is 11.8 Å². The van der Waals surface area contributed by atoms with Crippen LogP contribution in [0.4, 0.5) is 0 Å². The van der Waals surface area contributed by atoms with Gasteiger partial charge in [0.25, 0.3) is 0 Å². The summed E-state index contributed by atoms with van der Waals surface area (Å²) >= 11 is 1.68. The summed E-state index contributed by atoms with van der Waals surface area (Å²) in [5, 5.41) is 4.54. The van der Waals surface area contributed by atoms with Crippen LogP contribution in [-0.2, 0) is 11.3 Å². The molecule has 0 bridgehead atoms. The molecule has 0 spiro atoms. The Morgan fingerprint density at radius 3 is 2.86 bits per heavy atom. The first kappa shape index (κ1) is 15.6. The summed E-state index contributed by atoms with van der Waals surface area (Å²) in [5.41, 5.74) is 0.648. The van der Waals surface area contributed by atoms with Crippen LogP contribution < -0.4 is 0 Å². The maximum atomic E-state index is 12.2. The summed E-state index contributed by atoms with van der Waals surface area (Å²) in [6, 6.07) is 9.47. The highest BCUT2D eigenvalue weighted by atomic mass is 32.2. The monoisotopic (exact) mass is 304 g/mol. The summed E-state index contributed by atoms with van der Waals surface area (Å²) in [6.07, 6.45) is 4.40. The van der Waals surface area contributed by atoms with E-state index in [2.05, 4.69) is 18.9 Å². The maximum absolute atomic E-state index is 12.2. The van der Waals surface area contributed by atoms with Gasteiger partial charge in [0, 0.05) is 35.5 Å². The second-order valence-corrected chi connectivity index (χ2v) is 6.54. The van der Waals surface area contributed by atoms with Gasteiger partial charge in [-0.25, -0.2) is 4.79 Å². The third-order valence-corrected chi connectivity index (χ3v) is 3.87. The van der Waals surface area contributed by atoms with Crippen molar-refractivity contribution in [3.05, 3.63) is 48.3 Å². The molecule has 0 N–H and O–H groups in total. The highest BCUT2D eigenvalue weighted by Gasteiger charge is 2.13. The average Bonchev–Trinajstić information content (AvgIpc) is 2.96. The Morgan fingerprint density at radius 1 is 1.33 bits per heavy atom. The fourth-order valence-corrected chi connectivity index (χ4v) is 2.84. The second kappa shape index (κ2) is 7.88. The summed E-state index contributed by atoms with van der Waals surface area (Å²) in [6.45, 7) is 5.37. The van der Waals surface area contributed by atoms with Gasteiger partial charge >= 0.3 is 5.97 Å². The molecule has 0 aliphatic carbocycles. The zero-order chi connectivity index (χ0) is 15.1. The number of aryl methyl sites for hydroxylation is 1. The molecule has 1 aromatic heterocycles. The number of rotatable bonds is 7. The van der Waals surface area contributed by atoms with Crippen molar-refractivity contribution in [2.75, 3.05) is 6.61 Å². The first-order valence-corrected chi connectivity index (χ1v) is 7.95. The van der Waals surface area contributed by atoms with Crippen molar-refractivity contribution in [1.82, 2.24) is 9.78 Å². The standard InChI is InChI=1S/C16H20N2O2S/c1-13(2)21-15-8-4-3-7-14(15)16(19)20-12-6-11-18-10-5-9-17-18/h3-5,7-10,13H,6,11-12H2,1-2H3. The lowest BCUT2D eigenvalue weighted by Gasteiger charge is -2.11. The molecule has 112 valence electrons. The quantitative estimate of drug-likeness (QED) is 0.445. The zero-order valence-corrected chi connectivity index (χ0v) is 13.2. The van der Waals surface area contributed by atoms with Gasteiger partial charge < -0.3 is 4.74 Å². The number of nitrogens with zero attached hydrogens (tertiary/aromatic N) is 2. The van der Waals surface area contributed by atoms with Crippen molar-refractivity contribution in [2.45, 2.75) is 37.0 Å². The molecule has 0 saturated carbocycles. The lowest BCUT2D eigenvalue weighted by atomic mass is 10.2. The van der Waals surface area contributed by atoms with Crippen molar-refractivity contribution in [3.8, 4) is 0 Å². The normalized spacial score (nSPS) is 10.8. The third kappa shape index (κ3) is 4.93. The number of benzene rings is 1. The Labute approximate surface area is 129 Å². The van der Waals surface area contributed by atoms with Gasteiger partial charge in [-0.15, -0.1) is 11.8 Å². The summed E-state index contributed by atoms with van der Waals surface area (Å²) in [5.74, 6) is -0.251. The van der Waals surface area contributed by atoms with E-state index < -0.39 is 0 Å². The van der Waals surface area contributed by atoms with Gasteiger partial charge in [0.1, 0.15) is 0 Å². The van der Waals surface area contributed by atoms with E-state index in [-0.39, 0.29) is 5.97 Å². The number of aromatic nitrogens is 2. The lowest BCUT2D eigenvalue weighted by molar-refractivity contribution is 0.0491. The van der Waals surface area contributed by atoms with Crippen LogP contribution in [0.25, 0.3) is 0 Å². The zero-order valence-electron chi connectivity index (χ0n) is 12.4. The van der Waals surface area contributed by atoms with Crippen molar-refractivity contribution >= 4 is 17.7 Å². The summed E-state index contributed by atoms with van der Waals surface area (Å²) in [7, 11) is 0. The van der Waals surface area contributed by atoms with Gasteiger partial charge in [0.2, 0.25) is 0 Å². The van der Waals surface area contributed by atoms with E-state index in [1.54, 1.807) is 18.0 Å². The lowest BCUT2D eigenvalue weighted by Crippen LogP contribution is -2.10. The first-order chi connectivity index (χ1) is 10.2. The number of carbonyl (C=O) groups excluding carboxylic acids is 1. The van der Waals surface area contributed by atoms with Crippen LogP contribution in [0.3, 0.4) is 0 Å². The van der Waals surface area contributed by atoms with Crippen molar-refractivity contribution in [1.29, 1.82) is 0 Å². The van der Waals surface area contributed by atoms with Gasteiger partial charge in [-0.3, -0.25) is 4.68 Å². The number of thioether (sulfide) groups is 1. The number of hydrogen-bond acceptors (Lipinski definition) is 4. The molecule has 0 amide bonds. The molecule has 1 aromatic carbocycles. The minimum atomic E-state index is -0.251. The molecule has 1 heterocycles. The summed E-state index contributed by atoms with van der Waals surface area (Å²) in [4.78, 5) is 13.1. The van der Waals surface area contributed by atoms with Crippen molar-refractivity contribution < 1.29 is 9.53 Å². The van der Waals surface area contributed by atoms with Crippen molar-refractivity contribution in [2.24, 2.45) is 0 Å². The smallest absolute Gasteiger partial charge is 0.339 e. The van der Waals surface area contributed by atoms with Gasteiger partial charge in [0.05, 0.1) is 12.2 Å². The van der Waals surface area contributed by atoms with Crippen LogP contribution in [-0.4, -0.2) is 27.6 Å². The molecule has 21 heavy (non-hydrogen) atoms. The van der Waals surface area contributed by atoms with Crippen LogP contribution in [0.1, 0.15) is 30.6 Å². The highest BCUT2D eigenvalue weighted by molar-refractivity contribution is 8.00. The Morgan fingerprint density at radius 2 is 2.14 bits per heavy atom. The SMILES string of the molecule is CC(C)Sc1ccccc1C(=O)OCCCn1cccn1. The molecule has 0 aliphatic heterocycles. The van der Waals surface area contributed by atoms with E-state index in [0.29, 0.717) is 17.4 Å². The van der Waals surface area contributed by atoms with Gasteiger partial charge in [0.15, 0.2) is 0 Å². The summed E-state index contributed by atoms with van der Waals surface area (Å²) < 4.78 is 7.18. The molecule has 0 fully saturated rings.